The third-order valence-corrected chi connectivity index (χ3v) is 3.97. The number of nitrogens with zero attached hydrogens (tertiary/aromatic N) is 3. The lowest BCUT2D eigenvalue weighted by Crippen LogP contribution is -2.23. The smallest absolute Gasteiger partial charge is 0.275 e. The van der Waals surface area contributed by atoms with Crippen LogP contribution in [0.1, 0.15) is 10.5 Å². The third-order valence-electron chi connectivity index (χ3n) is 3.97. The van der Waals surface area contributed by atoms with E-state index in [-0.39, 0.29) is 12.3 Å². The van der Waals surface area contributed by atoms with Gasteiger partial charge in [-0.15, -0.1) is 0 Å². The zero-order valence-corrected chi connectivity index (χ0v) is 15.5. The topological polar surface area (TPSA) is 135 Å². The summed E-state index contributed by atoms with van der Waals surface area (Å²) in [6.45, 7) is 3.23. The first-order chi connectivity index (χ1) is 14.0. The molecule has 2 aromatic heterocycles. The molecule has 0 aliphatic rings. The van der Waals surface area contributed by atoms with Crippen molar-refractivity contribution in [2.75, 3.05) is 13.2 Å². The highest BCUT2D eigenvalue weighted by Crippen LogP contribution is 2.28. The molecule has 9 nitrogen and oxygen atoms in total. The zero-order chi connectivity index (χ0) is 20.8. The molecule has 0 aliphatic carbocycles. The fourth-order valence-corrected chi connectivity index (χ4v) is 2.58. The summed E-state index contributed by atoms with van der Waals surface area (Å²) in [5.74, 6) is 0.0558. The van der Waals surface area contributed by atoms with Crippen LogP contribution in [0.2, 0.25) is 0 Å². The lowest BCUT2D eigenvalue weighted by atomic mass is 10.1. The Morgan fingerprint density at radius 1 is 1.34 bits per heavy atom. The molecule has 150 valence electrons. The molecule has 2 heterocycles. The molecule has 1 aromatic carbocycles. The number of amides is 1. The monoisotopic (exact) mass is 395 g/mol. The Morgan fingerprint density at radius 2 is 2.14 bits per heavy atom. The van der Waals surface area contributed by atoms with Crippen LogP contribution in [-0.4, -0.2) is 50.0 Å². The number of carbonyl (C=O) groups is 1. The van der Waals surface area contributed by atoms with E-state index < -0.39 is 18.6 Å². The van der Waals surface area contributed by atoms with Crippen LogP contribution in [0, 0.1) is 0 Å². The number of carbonyl (C=O) groups excluding carboxylic acids is 1. The van der Waals surface area contributed by atoms with Crippen molar-refractivity contribution in [1.82, 2.24) is 19.9 Å². The number of hydrogen-bond acceptors (Lipinski definition) is 7. The van der Waals surface area contributed by atoms with Crippen molar-refractivity contribution in [1.29, 1.82) is 0 Å². The van der Waals surface area contributed by atoms with Crippen LogP contribution in [0.4, 0.5) is 0 Å². The lowest BCUT2D eigenvalue weighted by molar-refractivity contribution is 0.0538. The van der Waals surface area contributed by atoms with E-state index in [9.17, 15) is 9.90 Å². The second-order valence-electron chi connectivity index (χ2n) is 6.11. The van der Waals surface area contributed by atoms with Crippen LogP contribution < -0.4 is 15.8 Å². The minimum atomic E-state index is -0.988. The van der Waals surface area contributed by atoms with E-state index in [2.05, 4.69) is 22.0 Å². The van der Waals surface area contributed by atoms with E-state index in [1.165, 1.54) is 23.0 Å². The second-order valence-corrected chi connectivity index (χ2v) is 6.11. The van der Waals surface area contributed by atoms with Gasteiger partial charge in [-0.3, -0.25) is 4.79 Å². The van der Waals surface area contributed by atoms with Crippen LogP contribution in [-0.2, 0) is 0 Å². The third kappa shape index (κ3) is 4.60. The van der Waals surface area contributed by atoms with Crippen molar-refractivity contribution < 1.29 is 19.7 Å². The van der Waals surface area contributed by atoms with Gasteiger partial charge < -0.3 is 26.0 Å². The van der Waals surface area contributed by atoms with Crippen LogP contribution >= 0.6 is 0 Å². The quantitative estimate of drug-likeness (QED) is 0.415. The van der Waals surface area contributed by atoms with E-state index in [1.807, 2.05) is 6.07 Å². The molecule has 0 radical (unpaired) electrons. The van der Waals surface area contributed by atoms with E-state index in [0.717, 1.165) is 0 Å². The Kier molecular flexibility index (Phi) is 6.22. The van der Waals surface area contributed by atoms with E-state index >= 15 is 0 Å². The maximum absolute atomic E-state index is 12.5. The Morgan fingerprint density at radius 3 is 2.90 bits per heavy atom. The maximum atomic E-state index is 12.5. The summed E-state index contributed by atoms with van der Waals surface area (Å²) in [6, 6.07) is 10.6. The Bertz CT molecular complexity index is 1060. The van der Waals surface area contributed by atoms with E-state index in [1.54, 1.807) is 30.3 Å². The van der Waals surface area contributed by atoms with Gasteiger partial charge in [-0.25, -0.2) is 9.50 Å². The van der Waals surface area contributed by atoms with E-state index in [4.69, 9.17) is 15.6 Å². The average molecular weight is 395 g/mol. The second kappa shape index (κ2) is 9.00. The number of nitrogens with two attached hydrogens (primary N) is 1. The van der Waals surface area contributed by atoms with Gasteiger partial charge in [-0.05, 0) is 36.5 Å². The van der Waals surface area contributed by atoms with Crippen LogP contribution in [0.25, 0.3) is 16.9 Å². The summed E-state index contributed by atoms with van der Waals surface area (Å²) in [6.07, 6.45) is 3.17. The van der Waals surface area contributed by atoms with Gasteiger partial charge >= 0.3 is 0 Å². The molecule has 0 bridgehead atoms. The molecule has 3 rings (SSSR count). The standard InChI is InChI=1S/C20H21N5O4/c1-13(8-9-21)23-20(28)17-10-22-19-7-6-16(24-25(17)19)15-4-2-3-5-18(15)29-12-14(27)11-26/h2-10,14,26-27H,1,11-12,21H2,(H,23,28)/b9-8-/t14-/m1/s1. The van der Waals surface area contributed by atoms with Crippen molar-refractivity contribution in [3.63, 3.8) is 0 Å². The first-order valence-corrected chi connectivity index (χ1v) is 8.78. The molecule has 0 unspecified atom stereocenters. The van der Waals surface area contributed by atoms with Gasteiger partial charge in [0.15, 0.2) is 11.3 Å². The van der Waals surface area contributed by atoms with Crippen molar-refractivity contribution >= 4 is 11.6 Å². The van der Waals surface area contributed by atoms with Gasteiger partial charge in [0.25, 0.3) is 5.91 Å². The molecule has 0 fully saturated rings. The number of nitrogens with one attached hydrogen (secondary N) is 1. The predicted octanol–water partition coefficient (Wildman–Crippen LogP) is 0.844. The first-order valence-electron chi connectivity index (χ1n) is 8.78. The highest BCUT2D eigenvalue weighted by atomic mass is 16.5. The Balaban J connectivity index is 1.94. The van der Waals surface area contributed by atoms with Crippen LogP contribution in [0.3, 0.4) is 0 Å². The van der Waals surface area contributed by atoms with Gasteiger partial charge in [0.05, 0.1) is 18.5 Å². The predicted molar refractivity (Wildman–Crippen MR) is 107 cm³/mol. The van der Waals surface area contributed by atoms with Crippen molar-refractivity contribution in [3.05, 3.63) is 72.8 Å². The molecular formula is C20H21N5O4. The summed E-state index contributed by atoms with van der Waals surface area (Å²) < 4.78 is 7.03. The van der Waals surface area contributed by atoms with Crippen LogP contribution in [0.5, 0.6) is 5.75 Å². The summed E-state index contributed by atoms with van der Waals surface area (Å²) in [4.78, 5) is 16.7. The number of aromatic nitrogens is 3. The molecule has 9 heteroatoms. The number of ether oxygens (including phenoxy) is 1. The van der Waals surface area contributed by atoms with Crippen molar-refractivity contribution in [3.8, 4) is 17.0 Å². The molecule has 0 saturated carbocycles. The molecule has 0 saturated heterocycles. The average Bonchev–Trinajstić information content (AvgIpc) is 3.15. The van der Waals surface area contributed by atoms with Gasteiger partial charge in [-0.2, -0.15) is 5.10 Å². The number of hydrogen-bond donors (Lipinski definition) is 4. The fourth-order valence-electron chi connectivity index (χ4n) is 2.58. The van der Waals surface area contributed by atoms with Gasteiger partial charge in [0.1, 0.15) is 18.5 Å². The molecule has 1 amide bonds. The maximum Gasteiger partial charge on any atom is 0.275 e. The fraction of sp³-hybridized carbons (Fsp3) is 0.150. The summed E-state index contributed by atoms with van der Waals surface area (Å²) >= 11 is 0. The number of para-hydroxylation sites is 1. The number of allylic oxidation sites excluding steroid dienone is 1. The molecule has 29 heavy (non-hydrogen) atoms. The molecule has 0 spiro atoms. The minimum Gasteiger partial charge on any atom is -0.490 e. The SMILES string of the molecule is C=C(/C=C\N)NC(=O)c1cnc2ccc(-c3ccccc3OC[C@H](O)CO)nn12. The minimum absolute atomic E-state index is 0.0642. The number of aliphatic hydroxyl groups is 2. The van der Waals surface area contributed by atoms with Crippen LogP contribution in [0.15, 0.2) is 67.1 Å². The summed E-state index contributed by atoms with van der Waals surface area (Å²) in [5, 5.41) is 25.6. The van der Waals surface area contributed by atoms with Gasteiger partial charge in [0, 0.05) is 11.3 Å². The largest absolute Gasteiger partial charge is 0.490 e. The molecular weight excluding hydrogens is 374 g/mol. The van der Waals surface area contributed by atoms with Gasteiger partial charge in [0.2, 0.25) is 0 Å². The molecule has 5 N–H and O–H groups in total. The first kappa shape index (κ1) is 20.1. The molecule has 3 aromatic rings. The normalized spacial score (nSPS) is 12.2. The van der Waals surface area contributed by atoms with Gasteiger partial charge in [-0.1, -0.05) is 18.7 Å². The summed E-state index contributed by atoms with van der Waals surface area (Å²) in [5.41, 5.74) is 7.56. The zero-order valence-electron chi connectivity index (χ0n) is 15.5. The lowest BCUT2D eigenvalue weighted by Gasteiger charge is -2.13. The molecule has 1 atom stereocenters. The number of fused-ring (bicyclic) bond motifs is 1. The summed E-state index contributed by atoms with van der Waals surface area (Å²) in [7, 11) is 0. The highest BCUT2D eigenvalue weighted by Gasteiger charge is 2.16. The molecule has 0 aliphatic heterocycles. The Hall–Kier alpha value is -3.69. The number of imidazole rings is 1. The number of benzene rings is 1. The number of aliphatic hydroxyl groups excluding tert-OH is 2. The highest BCUT2D eigenvalue weighted by molar-refractivity contribution is 5.94. The number of rotatable bonds is 8. The Labute approximate surface area is 166 Å². The van der Waals surface area contributed by atoms with E-state index in [0.29, 0.717) is 28.4 Å². The van der Waals surface area contributed by atoms with Crippen molar-refractivity contribution in [2.45, 2.75) is 6.10 Å². The van der Waals surface area contributed by atoms with Crippen molar-refractivity contribution in [2.24, 2.45) is 5.73 Å².